The van der Waals surface area contributed by atoms with E-state index in [0.29, 0.717) is 10.0 Å². The number of aryl methyl sites for hydroxylation is 1. The van der Waals surface area contributed by atoms with Crippen LogP contribution in [-0.4, -0.2) is 0 Å². The lowest BCUT2D eigenvalue weighted by Crippen LogP contribution is -1.96. The highest BCUT2D eigenvalue weighted by molar-refractivity contribution is 6.38. The molecule has 0 saturated carbocycles. The van der Waals surface area contributed by atoms with Gasteiger partial charge in [0.1, 0.15) is 0 Å². The van der Waals surface area contributed by atoms with Gasteiger partial charge in [0, 0.05) is 15.6 Å². The van der Waals surface area contributed by atoms with Crippen molar-refractivity contribution in [2.24, 2.45) is 0 Å². The van der Waals surface area contributed by atoms with E-state index in [2.05, 4.69) is 31.2 Å². The zero-order valence-electron chi connectivity index (χ0n) is 11.4. The lowest BCUT2D eigenvalue weighted by Gasteiger charge is -2.14. The molecule has 0 aliphatic heterocycles. The summed E-state index contributed by atoms with van der Waals surface area (Å²) in [4.78, 5) is 0. The van der Waals surface area contributed by atoms with Gasteiger partial charge in [-0.1, -0.05) is 66.9 Å². The summed E-state index contributed by atoms with van der Waals surface area (Å²) in [5.74, 6) is 0. The minimum absolute atomic E-state index is 0.323. The van der Waals surface area contributed by atoms with Gasteiger partial charge in [0.15, 0.2) is 0 Å². The van der Waals surface area contributed by atoms with Crippen LogP contribution in [0.1, 0.15) is 41.8 Å². The minimum atomic E-state index is -0.323. The van der Waals surface area contributed by atoms with Crippen LogP contribution in [0, 0.1) is 0 Å². The average Bonchev–Trinajstić information content (AvgIpc) is 2.45. The summed E-state index contributed by atoms with van der Waals surface area (Å²) in [7, 11) is 0. The van der Waals surface area contributed by atoms with Crippen LogP contribution in [-0.2, 0) is 6.42 Å². The second-order valence-corrected chi connectivity index (χ2v) is 6.09. The van der Waals surface area contributed by atoms with E-state index in [4.69, 9.17) is 34.8 Å². The molecule has 0 spiro atoms. The van der Waals surface area contributed by atoms with Crippen LogP contribution >= 0.6 is 34.8 Å². The molecule has 0 bridgehead atoms. The molecule has 0 radical (unpaired) electrons. The molecule has 2 aromatic rings. The Morgan fingerprint density at radius 1 is 0.950 bits per heavy atom. The molecule has 2 rings (SSSR count). The van der Waals surface area contributed by atoms with Crippen molar-refractivity contribution in [3.8, 4) is 0 Å². The predicted octanol–water partition coefficient (Wildman–Crippen LogP) is 6.66. The Hall–Kier alpha value is -0.690. The van der Waals surface area contributed by atoms with Crippen LogP contribution in [0.15, 0.2) is 42.5 Å². The largest absolute Gasteiger partial charge is 0.112 e. The van der Waals surface area contributed by atoms with Crippen molar-refractivity contribution in [3.05, 3.63) is 69.2 Å². The van der Waals surface area contributed by atoms with Crippen molar-refractivity contribution in [1.82, 2.24) is 0 Å². The van der Waals surface area contributed by atoms with Crippen LogP contribution in [0.5, 0.6) is 0 Å². The third-order valence-corrected chi connectivity index (χ3v) is 4.47. The fourth-order valence-corrected chi connectivity index (χ4v) is 3.26. The molecular weight excluding hydrogens is 311 g/mol. The molecule has 0 heterocycles. The van der Waals surface area contributed by atoms with Crippen molar-refractivity contribution in [1.29, 1.82) is 0 Å². The van der Waals surface area contributed by atoms with Gasteiger partial charge in [-0.25, -0.2) is 0 Å². The Balaban J connectivity index is 2.23. The highest BCUT2D eigenvalue weighted by atomic mass is 35.5. The van der Waals surface area contributed by atoms with E-state index >= 15 is 0 Å². The zero-order chi connectivity index (χ0) is 14.5. The van der Waals surface area contributed by atoms with Gasteiger partial charge in [-0.15, -0.1) is 11.6 Å². The van der Waals surface area contributed by atoms with E-state index in [9.17, 15) is 0 Å². The van der Waals surface area contributed by atoms with Crippen LogP contribution in [0.25, 0.3) is 0 Å². The summed E-state index contributed by atoms with van der Waals surface area (Å²) in [5, 5.41) is 0.886. The number of rotatable bonds is 5. The molecule has 0 aliphatic rings. The van der Waals surface area contributed by atoms with Gasteiger partial charge in [-0.2, -0.15) is 0 Å². The van der Waals surface area contributed by atoms with Crippen molar-refractivity contribution in [3.63, 3.8) is 0 Å². The second kappa shape index (κ2) is 7.36. The normalized spacial score (nSPS) is 12.4. The molecule has 106 valence electrons. The fourth-order valence-electron chi connectivity index (χ4n) is 2.15. The van der Waals surface area contributed by atoms with Gasteiger partial charge in [0.2, 0.25) is 0 Å². The van der Waals surface area contributed by atoms with E-state index in [0.717, 1.165) is 17.5 Å². The highest BCUT2D eigenvalue weighted by Crippen LogP contribution is 2.38. The third-order valence-electron chi connectivity index (χ3n) is 3.34. The highest BCUT2D eigenvalue weighted by Gasteiger charge is 2.17. The summed E-state index contributed by atoms with van der Waals surface area (Å²) in [6.45, 7) is 2.20. The van der Waals surface area contributed by atoms with Crippen LogP contribution in [0.4, 0.5) is 0 Å². The molecular formula is C17H17Cl3. The monoisotopic (exact) mass is 326 g/mol. The van der Waals surface area contributed by atoms with Gasteiger partial charge >= 0.3 is 0 Å². The number of hydrogen-bond acceptors (Lipinski definition) is 0. The molecule has 0 N–H and O–H groups in total. The Morgan fingerprint density at radius 3 is 2.10 bits per heavy atom. The first-order chi connectivity index (χ1) is 9.63. The molecule has 0 nitrogen and oxygen atoms in total. The van der Waals surface area contributed by atoms with E-state index in [1.807, 2.05) is 18.2 Å². The first kappa shape index (κ1) is 15.7. The molecule has 1 unspecified atom stereocenters. The number of unbranched alkanes of at least 4 members (excludes halogenated alkanes) is 1. The molecule has 1 atom stereocenters. The summed E-state index contributed by atoms with van der Waals surface area (Å²) in [6, 6.07) is 13.8. The molecule has 0 saturated heterocycles. The molecule has 0 aliphatic carbocycles. The summed E-state index contributed by atoms with van der Waals surface area (Å²) in [5.41, 5.74) is 3.13. The number of halogens is 3. The maximum Gasteiger partial charge on any atom is 0.0864 e. The Labute approximate surface area is 135 Å². The third kappa shape index (κ3) is 3.69. The van der Waals surface area contributed by atoms with Crippen molar-refractivity contribution < 1.29 is 0 Å². The minimum Gasteiger partial charge on any atom is -0.112 e. The maximum absolute atomic E-state index is 6.53. The van der Waals surface area contributed by atoms with E-state index in [1.54, 1.807) is 0 Å². The zero-order valence-corrected chi connectivity index (χ0v) is 13.6. The van der Waals surface area contributed by atoms with Crippen molar-refractivity contribution >= 4 is 34.8 Å². The number of benzene rings is 2. The van der Waals surface area contributed by atoms with Crippen LogP contribution in [0.3, 0.4) is 0 Å². The van der Waals surface area contributed by atoms with Gasteiger partial charge in [-0.05, 0) is 36.1 Å². The van der Waals surface area contributed by atoms with Crippen molar-refractivity contribution in [2.45, 2.75) is 31.6 Å². The SMILES string of the molecule is CCCCc1ccc(C(Cl)c2c(Cl)cccc2Cl)cc1. The molecule has 2 aromatic carbocycles. The average molecular weight is 328 g/mol. The number of alkyl halides is 1. The summed E-state index contributed by atoms with van der Waals surface area (Å²) < 4.78 is 0. The maximum atomic E-state index is 6.53. The van der Waals surface area contributed by atoms with Gasteiger partial charge < -0.3 is 0 Å². The second-order valence-electron chi connectivity index (χ2n) is 4.84. The van der Waals surface area contributed by atoms with Gasteiger partial charge in [0.05, 0.1) is 5.38 Å². The molecule has 3 heteroatoms. The molecule has 20 heavy (non-hydrogen) atoms. The summed E-state index contributed by atoms with van der Waals surface area (Å²) in [6.07, 6.45) is 3.52. The quantitative estimate of drug-likeness (QED) is 0.538. The first-order valence-corrected chi connectivity index (χ1v) is 7.99. The predicted molar refractivity (Wildman–Crippen MR) is 89.2 cm³/mol. The van der Waals surface area contributed by atoms with Gasteiger partial charge in [0.25, 0.3) is 0 Å². The Bertz CT molecular complexity index is 541. The van der Waals surface area contributed by atoms with E-state index in [-0.39, 0.29) is 5.38 Å². The topological polar surface area (TPSA) is 0 Å². The lowest BCUT2D eigenvalue weighted by atomic mass is 10.0. The first-order valence-electron chi connectivity index (χ1n) is 6.80. The van der Waals surface area contributed by atoms with Crippen LogP contribution in [0.2, 0.25) is 10.0 Å². The van der Waals surface area contributed by atoms with E-state index < -0.39 is 0 Å². The smallest absolute Gasteiger partial charge is 0.0864 e. The molecule has 0 amide bonds. The Morgan fingerprint density at radius 2 is 1.55 bits per heavy atom. The molecule has 0 aromatic heterocycles. The standard InChI is InChI=1S/C17H17Cl3/c1-2-3-5-12-8-10-13(11-9-12)17(20)16-14(18)6-4-7-15(16)19/h4,6-11,17H,2-3,5H2,1H3. The Kier molecular flexibility index (Phi) is 5.77. The lowest BCUT2D eigenvalue weighted by molar-refractivity contribution is 0.794. The van der Waals surface area contributed by atoms with Gasteiger partial charge in [-0.3, -0.25) is 0 Å². The van der Waals surface area contributed by atoms with Crippen LogP contribution < -0.4 is 0 Å². The number of hydrogen-bond donors (Lipinski definition) is 0. The fraction of sp³-hybridized carbons (Fsp3) is 0.294. The molecule has 0 fully saturated rings. The summed E-state index contributed by atoms with van der Waals surface area (Å²) >= 11 is 18.9. The van der Waals surface area contributed by atoms with Crippen molar-refractivity contribution in [2.75, 3.05) is 0 Å². The van der Waals surface area contributed by atoms with E-state index in [1.165, 1.54) is 18.4 Å².